The van der Waals surface area contributed by atoms with E-state index < -0.39 is 0 Å². The Bertz CT molecular complexity index is 9850. The summed E-state index contributed by atoms with van der Waals surface area (Å²) in [5, 5.41) is 15.5. The van der Waals surface area contributed by atoms with E-state index in [2.05, 4.69) is 525 Å². The second-order valence-electron chi connectivity index (χ2n) is 38.4. The van der Waals surface area contributed by atoms with Gasteiger partial charge in [0, 0.05) is 181 Å². The van der Waals surface area contributed by atoms with Crippen LogP contribution in [0.5, 0.6) is 0 Å². The third-order valence-corrected chi connectivity index (χ3v) is 30.7. The molecule has 0 atom stereocenters. The van der Waals surface area contributed by atoms with Crippen molar-refractivity contribution in [3.63, 3.8) is 0 Å². The Morgan fingerprint density at radius 2 is 0.362 bits per heavy atom. The van der Waals surface area contributed by atoms with Gasteiger partial charge in [-0.05, 0) is 221 Å². The highest BCUT2D eigenvalue weighted by Gasteiger charge is 2.21. The fourth-order valence-electron chi connectivity index (χ4n) is 21.9. The van der Waals surface area contributed by atoms with Crippen LogP contribution in [0.4, 0.5) is 0 Å². The largest absolute Gasteiger partial charge is 0.344 e. The molecule has 0 spiro atoms. The molecule has 7 aromatic heterocycles. The number of hydrogen-bond acceptors (Lipinski definition) is 4. The van der Waals surface area contributed by atoms with Gasteiger partial charge in [0.25, 0.3) is 0 Å². The Kier molecular flexibility index (Phi) is 24.3. The molecule has 708 valence electrons. The standard InChI is InChI=1S/C40H26N4S.C37H27N.C25H19N.2C19H15N/c1-44-34-15-9-8-14-30(34)31-22-27(16-19-35(31)44)28-17-20-36-32(23-28)33-24-29(18-21-37(33)45-36)40-42-38(25-10-4-2-5-11-25)41-39(43-40)26-12-6-3-7-13-26;1-38-36-18-9-8-17-34(36)35-20-19-30(25-37(35)38)28-15-10-16-29(21-28)33-23-31(26-11-4-2-5-12-26)22-32(24-33)27-13-6-3-7-14-27;1-26-24-16-20(18-8-4-2-5-9-18)12-14-22(24)23-15-13-21(17-25(23)26)19-10-6-3-7-11-19;1-20-17-12-6-5-10-16(17)19-15(11-7-13-18(19)20)14-8-3-2-4-9-14;1-20-18-10-6-5-9-16(18)17-12-11-15(13-19(17)20)14-7-3-2-4-8-14/h2-24H,1H3;2-25H,1H3;2-17H,1H3;2*2-13H,1H3. The zero-order valence-corrected chi connectivity index (χ0v) is 84.0. The minimum Gasteiger partial charge on any atom is -0.344 e. The smallest absolute Gasteiger partial charge is 0.164 e. The summed E-state index contributed by atoms with van der Waals surface area (Å²) in [6.45, 7) is 0. The molecule has 22 aromatic carbocycles. The van der Waals surface area contributed by atoms with Crippen LogP contribution in [-0.4, -0.2) is 37.8 Å². The summed E-state index contributed by atoms with van der Waals surface area (Å²) in [5.41, 5.74) is 37.9. The van der Waals surface area contributed by atoms with Crippen LogP contribution in [0, 0.1) is 0 Å². The SMILES string of the molecule is Cn1c2cc(-c3ccccc3)ccc2c2ccc(-c3ccccc3)cc21.Cn1c2ccccc2c2c(-c3ccccc3)cccc21.Cn1c2ccccc2c2cc(-c3ccc4sc5ccc(-c6nc(-c7ccccc7)nc(-c7ccccc7)n6)cc5c4c3)ccc21.Cn1c2ccccc2c2ccc(-c3cccc(-c4cc(-c5ccccc5)cc(-c5ccccc5)c4)c3)cc21.Cn1c2ccccc2c2ccc(-c3ccccc3)cc21. The minimum absolute atomic E-state index is 0.667. The van der Waals surface area contributed by atoms with Crippen LogP contribution < -0.4 is 0 Å². The molecule has 0 radical (unpaired) electrons. The van der Waals surface area contributed by atoms with Crippen molar-refractivity contribution in [1.82, 2.24) is 37.8 Å². The van der Waals surface area contributed by atoms with Gasteiger partial charge in [-0.3, -0.25) is 0 Å². The van der Waals surface area contributed by atoms with Gasteiger partial charge in [-0.1, -0.05) is 406 Å². The summed E-state index contributed by atoms with van der Waals surface area (Å²) in [4.78, 5) is 14.8. The van der Waals surface area contributed by atoms with Gasteiger partial charge in [0.05, 0.1) is 0 Å². The zero-order valence-electron chi connectivity index (χ0n) is 83.2. The van der Waals surface area contributed by atoms with E-state index in [0.29, 0.717) is 17.5 Å². The molecule has 7 heterocycles. The highest BCUT2D eigenvalue weighted by atomic mass is 32.1. The Morgan fingerprint density at radius 3 is 0.779 bits per heavy atom. The van der Waals surface area contributed by atoms with Crippen molar-refractivity contribution in [3.05, 3.63) is 528 Å². The van der Waals surface area contributed by atoms with E-state index >= 15 is 0 Å². The van der Waals surface area contributed by atoms with Gasteiger partial charge in [0.1, 0.15) is 0 Å². The second-order valence-corrected chi connectivity index (χ2v) is 39.4. The molecule has 0 fully saturated rings. The first-order valence-corrected chi connectivity index (χ1v) is 51.6. The van der Waals surface area contributed by atoms with Gasteiger partial charge in [-0.2, -0.15) is 0 Å². The van der Waals surface area contributed by atoms with Crippen LogP contribution in [0.3, 0.4) is 0 Å². The van der Waals surface area contributed by atoms with E-state index in [1.165, 1.54) is 229 Å². The lowest BCUT2D eigenvalue weighted by Gasteiger charge is -2.12. The lowest BCUT2D eigenvalue weighted by atomic mass is 9.92. The first-order chi connectivity index (χ1) is 73.4. The van der Waals surface area contributed by atoms with Crippen molar-refractivity contribution in [1.29, 1.82) is 0 Å². The number of benzene rings is 22. The number of para-hydroxylation sites is 4. The molecule has 8 nitrogen and oxygen atoms in total. The third kappa shape index (κ3) is 17.6. The minimum atomic E-state index is 0.667. The maximum absolute atomic E-state index is 4.97. The summed E-state index contributed by atoms with van der Waals surface area (Å²) in [6, 6.07) is 188. The monoisotopic (exact) mass is 1930 g/mol. The number of thiophene rings is 1. The number of nitrogens with zero attached hydrogens (tertiary/aromatic N) is 8. The summed E-state index contributed by atoms with van der Waals surface area (Å²) < 4.78 is 13.9. The lowest BCUT2D eigenvalue weighted by Crippen LogP contribution is -2.00. The van der Waals surface area contributed by atoms with Crippen molar-refractivity contribution < 1.29 is 0 Å². The van der Waals surface area contributed by atoms with Gasteiger partial charge in [-0.15, -0.1) is 11.3 Å². The van der Waals surface area contributed by atoms with Crippen LogP contribution in [0.2, 0.25) is 0 Å². The van der Waals surface area contributed by atoms with E-state index in [-0.39, 0.29) is 0 Å². The molecule has 0 bridgehead atoms. The van der Waals surface area contributed by atoms with Gasteiger partial charge < -0.3 is 22.8 Å². The maximum atomic E-state index is 4.97. The zero-order chi connectivity index (χ0) is 99.9. The first kappa shape index (κ1) is 91.3. The number of fused-ring (bicyclic) bond motifs is 18. The molecular formula is C140H102N8S. The Labute approximate surface area is 869 Å². The summed E-state index contributed by atoms with van der Waals surface area (Å²) in [6.07, 6.45) is 0. The van der Waals surface area contributed by atoms with Crippen LogP contribution in [-0.2, 0) is 35.2 Å². The summed E-state index contributed by atoms with van der Waals surface area (Å²) in [7, 11) is 10.7. The molecule has 0 aliphatic heterocycles. The lowest BCUT2D eigenvalue weighted by molar-refractivity contribution is 1.01. The van der Waals surface area contributed by atoms with E-state index in [1.54, 1.807) is 0 Å². The predicted molar refractivity (Wildman–Crippen MR) is 634 cm³/mol. The van der Waals surface area contributed by atoms with Crippen LogP contribution in [0.25, 0.3) is 264 Å². The highest BCUT2D eigenvalue weighted by molar-refractivity contribution is 7.25. The maximum Gasteiger partial charge on any atom is 0.164 e. The molecule has 149 heavy (non-hydrogen) atoms. The summed E-state index contributed by atoms with van der Waals surface area (Å²) in [5.74, 6) is 2.00. The molecule has 0 saturated heterocycles. The van der Waals surface area contributed by atoms with E-state index in [1.807, 2.05) is 72.0 Å². The van der Waals surface area contributed by atoms with Crippen molar-refractivity contribution in [2.75, 3.05) is 0 Å². The quantitative estimate of drug-likeness (QED) is 0.122. The molecule has 0 saturated carbocycles. The van der Waals surface area contributed by atoms with Gasteiger partial charge in [-0.25, -0.2) is 15.0 Å². The Morgan fingerprint density at radius 1 is 0.134 bits per heavy atom. The number of aromatic nitrogens is 8. The number of aryl methyl sites for hydroxylation is 5. The molecule has 0 aliphatic rings. The summed E-state index contributed by atoms with van der Waals surface area (Å²) >= 11 is 1.82. The van der Waals surface area contributed by atoms with Crippen molar-refractivity contribution in [2.45, 2.75) is 0 Å². The fraction of sp³-hybridized carbons (Fsp3) is 0.0357. The normalized spacial score (nSPS) is 11.4. The topological polar surface area (TPSA) is 63.3 Å². The molecule has 9 heteroatoms. The fourth-order valence-corrected chi connectivity index (χ4v) is 22.9. The van der Waals surface area contributed by atoms with Crippen LogP contribution >= 0.6 is 11.3 Å². The average Bonchev–Trinajstić information content (AvgIpc) is 1.61. The molecule has 0 unspecified atom stereocenters. The van der Waals surface area contributed by atoms with Crippen LogP contribution in [0.15, 0.2) is 528 Å². The molecular weight excluding hydrogens is 1830 g/mol. The molecule has 29 rings (SSSR count). The molecule has 0 amide bonds. The van der Waals surface area contributed by atoms with Crippen molar-refractivity contribution in [2.24, 2.45) is 35.2 Å². The van der Waals surface area contributed by atoms with Gasteiger partial charge >= 0.3 is 0 Å². The average molecular weight is 1930 g/mol. The predicted octanol–water partition coefficient (Wildman–Crippen LogP) is 37.2. The molecule has 0 aliphatic carbocycles. The second kappa shape index (κ2) is 39.6. The van der Waals surface area contributed by atoms with Crippen molar-refractivity contribution in [3.8, 4) is 134 Å². The highest BCUT2D eigenvalue weighted by Crippen LogP contribution is 2.45. The van der Waals surface area contributed by atoms with E-state index in [4.69, 9.17) is 15.0 Å². The third-order valence-electron chi connectivity index (χ3n) is 29.5. The molecule has 0 N–H and O–H groups in total. The number of rotatable bonds is 12. The molecule has 29 aromatic rings. The Hall–Kier alpha value is -18.9. The van der Waals surface area contributed by atoms with Crippen LogP contribution in [0.1, 0.15) is 0 Å². The van der Waals surface area contributed by atoms with Crippen molar-refractivity contribution >= 4 is 141 Å². The van der Waals surface area contributed by atoms with Gasteiger partial charge in [0.15, 0.2) is 17.5 Å². The van der Waals surface area contributed by atoms with E-state index in [0.717, 1.165) is 16.7 Å². The number of hydrogen-bond donors (Lipinski definition) is 0. The first-order valence-electron chi connectivity index (χ1n) is 50.8. The van der Waals surface area contributed by atoms with Gasteiger partial charge in [0.2, 0.25) is 0 Å². The van der Waals surface area contributed by atoms with E-state index in [9.17, 15) is 0 Å². The Balaban J connectivity index is 0.000000100.